The molecule has 1 aliphatic heterocycles. The molecule has 0 amide bonds. The minimum Gasteiger partial charge on any atom is -0.363 e. The second-order valence-electron chi connectivity index (χ2n) is 4.17. The molecular formula is C9H11N5O3S. The van der Waals surface area contributed by atoms with E-state index in [9.17, 15) is 8.42 Å². The summed E-state index contributed by atoms with van der Waals surface area (Å²) in [7, 11) is -3.44. The van der Waals surface area contributed by atoms with Crippen LogP contribution in [0.15, 0.2) is 34.3 Å². The molecule has 0 spiro atoms. The molecule has 0 atom stereocenters. The van der Waals surface area contributed by atoms with E-state index in [1.54, 1.807) is 17.1 Å². The van der Waals surface area contributed by atoms with Crippen LogP contribution in [0.3, 0.4) is 0 Å². The van der Waals surface area contributed by atoms with E-state index >= 15 is 0 Å². The van der Waals surface area contributed by atoms with Gasteiger partial charge in [0.2, 0.25) is 10.0 Å². The first-order chi connectivity index (χ1) is 8.66. The largest absolute Gasteiger partial charge is 0.363 e. The van der Waals surface area contributed by atoms with E-state index < -0.39 is 10.0 Å². The molecule has 2 aromatic heterocycles. The fourth-order valence-electron chi connectivity index (χ4n) is 1.90. The van der Waals surface area contributed by atoms with E-state index in [1.165, 1.54) is 10.5 Å². The zero-order chi connectivity index (χ0) is 12.6. The summed E-state index contributed by atoms with van der Waals surface area (Å²) < 4.78 is 31.7. The Balaban J connectivity index is 1.62. The highest BCUT2D eigenvalue weighted by Crippen LogP contribution is 2.25. The van der Waals surface area contributed by atoms with Gasteiger partial charge in [0.15, 0.2) is 0 Å². The van der Waals surface area contributed by atoms with Gasteiger partial charge in [0.25, 0.3) is 0 Å². The quantitative estimate of drug-likeness (QED) is 0.748. The van der Waals surface area contributed by atoms with Gasteiger partial charge in [-0.3, -0.25) is 4.68 Å². The molecule has 1 aliphatic rings. The van der Waals surface area contributed by atoms with Crippen molar-refractivity contribution in [3.63, 3.8) is 0 Å². The van der Waals surface area contributed by atoms with Gasteiger partial charge in [-0.15, -0.1) is 5.10 Å². The Labute approximate surface area is 103 Å². The Hall–Kier alpha value is -1.74. The van der Waals surface area contributed by atoms with Crippen LogP contribution in [0.5, 0.6) is 0 Å². The molecule has 18 heavy (non-hydrogen) atoms. The van der Waals surface area contributed by atoms with E-state index in [2.05, 4.69) is 20.0 Å². The van der Waals surface area contributed by atoms with Crippen molar-refractivity contribution < 1.29 is 12.9 Å². The standard InChI is InChI=1S/C9H11N5O3S/c15-18(16,9-3-11-17-7-9)14-5-8(6-14)4-13-2-1-10-12-13/h1-3,7-8H,4-6H2. The number of nitrogens with zero attached hydrogens (tertiary/aromatic N) is 5. The van der Waals surface area contributed by atoms with Crippen molar-refractivity contribution in [2.75, 3.05) is 13.1 Å². The number of hydrogen-bond acceptors (Lipinski definition) is 6. The van der Waals surface area contributed by atoms with E-state index in [1.807, 2.05) is 0 Å². The first-order valence-electron chi connectivity index (χ1n) is 5.40. The first kappa shape index (κ1) is 11.4. The monoisotopic (exact) mass is 269 g/mol. The lowest BCUT2D eigenvalue weighted by Gasteiger charge is -2.37. The first-order valence-corrected chi connectivity index (χ1v) is 6.84. The summed E-state index contributed by atoms with van der Waals surface area (Å²) in [6.07, 6.45) is 5.71. The number of sulfonamides is 1. The summed E-state index contributed by atoms with van der Waals surface area (Å²) in [4.78, 5) is 0.0988. The SMILES string of the molecule is O=S(=O)(c1cnoc1)N1CC(Cn2ccnn2)C1. The summed E-state index contributed by atoms with van der Waals surface area (Å²) >= 11 is 0. The van der Waals surface area contributed by atoms with E-state index in [0.29, 0.717) is 19.6 Å². The van der Waals surface area contributed by atoms with Gasteiger partial charge in [-0.1, -0.05) is 10.4 Å². The van der Waals surface area contributed by atoms with Gasteiger partial charge in [0, 0.05) is 31.7 Å². The molecule has 0 N–H and O–H groups in total. The molecule has 96 valence electrons. The summed E-state index contributed by atoms with van der Waals surface area (Å²) in [6, 6.07) is 0. The molecular weight excluding hydrogens is 258 g/mol. The highest BCUT2D eigenvalue weighted by Gasteiger charge is 2.37. The highest BCUT2D eigenvalue weighted by atomic mass is 32.2. The fourth-order valence-corrected chi connectivity index (χ4v) is 3.35. The van der Waals surface area contributed by atoms with Gasteiger partial charge in [-0.25, -0.2) is 8.42 Å². The maximum atomic E-state index is 12.0. The number of rotatable bonds is 4. The van der Waals surface area contributed by atoms with Crippen molar-refractivity contribution in [3.05, 3.63) is 24.9 Å². The van der Waals surface area contributed by atoms with E-state index in [0.717, 1.165) is 6.26 Å². The molecule has 1 fully saturated rings. The lowest BCUT2D eigenvalue weighted by Crippen LogP contribution is -2.51. The van der Waals surface area contributed by atoms with Crippen molar-refractivity contribution in [2.45, 2.75) is 11.4 Å². The lowest BCUT2D eigenvalue weighted by atomic mass is 10.0. The van der Waals surface area contributed by atoms with E-state index in [-0.39, 0.29) is 10.8 Å². The van der Waals surface area contributed by atoms with Crippen LogP contribution < -0.4 is 0 Å². The van der Waals surface area contributed by atoms with Crippen molar-refractivity contribution in [3.8, 4) is 0 Å². The summed E-state index contributed by atoms with van der Waals surface area (Å²) in [5.74, 6) is 0.265. The van der Waals surface area contributed by atoms with Crippen LogP contribution in [0.1, 0.15) is 0 Å². The molecule has 3 heterocycles. The Bertz CT molecular complexity index is 601. The number of hydrogen-bond donors (Lipinski definition) is 0. The molecule has 3 rings (SSSR count). The average Bonchev–Trinajstić information content (AvgIpc) is 2.95. The summed E-state index contributed by atoms with van der Waals surface area (Å²) in [5, 5.41) is 11.0. The van der Waals surface area contributed by atoms with Crippen LogP contribution in [0, 0.1) is 5.92 Å². The van der Waals surface area contributed by atoms with Gasteiger partial charge in [0.05, 0.1) is 12.4 Å². The third-order valence-electron chi connectivity index (χ3n) is 2.89. The van der Waals surface area contributed by atoms with Crippen molar-refractivity contribution in [2.24, 2.45) is 5.92 Å². The van der Waals surface area contributed by atoms with Crippen LogP contribution in [0.2, 0.25) is 0 Å². The second kappa shape index (κ2) is 4.18. The summed E-state index contributed by atoms with van der Waals surface area (Å²) in [6.45, 7) is 1.64. The molecule has 0 unspecified atom stereocenters. The van der Waals surface area contributed by atoms with E-state index in [4.69, 9.17) is 0 Å². The third kappa shape index (κ3) is 1.91. The predicted octanol–water partition coefficient (Wildman–Crippen LogP) is -0.413. The Morgan fingerprint density at radius 2 is 2.28 bits per heavy atom. The Kier molecular flexibility index (Phi) is 2.63. The van der Waals surface area contributed by atoms with Crippen LogP contribution in [0.4, 0.5) is 0 Å². The second-order valence-corrected chi connectivity index (χ2v) is 6.11. The number of aromatic nitrogens is 4. The molecule has 2 aromatic rings. The molecule has 0 aliphatic carbocycles. The van der Waals surface area contributed by atoms with Crippen LogP contribution in [-0.2, 0) is 16.6 Å². The fraction of sp³-hybridized carbons (Fsp3) is 0.444. The van der Waals surface area contributed by atoms with Crippen molar-refractivity contribution in [1.82, 2.24) is 24.5 Å². The minimum absolute atomic E-state index is 0.0988. The Morgan fingerprint density at radius 3 is 2.89 bits per heavy atom. The molecule has 0 saturated carbocycles. The van der Waals surface area contributed by atoms with Crippen molar-refractivity contribution in [1.29, 1.82) is 0 Å². The van der Waals surface area contributed by atoms with Crippen LogP contribution in [-0.4, -0.2) is 46.0 Å². The van der Waals surface area contributed by atoms with Gasteiger partial charge >= 0.3 is 0 Å². The predicted molar refractivity (Wildman–Crippen MR) is 58.8 cm³/mol. The van der Waals surface area contributed by atoms with Gasteiger partial charge in [0.1, 0.15) is 11.2 Å². The highest BCUT2D eigenvalue weighted by molar-refractivity contribution is 7.89. The maximum absolute atomic E-state index is 12.0. The van der Waals surface area contributed by atoms with Crippen LogP contribution in [0.25, 0.3) is 0 Å². The topological polar surface area (TPSA) is 94.1 Å². The lowest BCUT2D eigenvalue weighted by molar-refractivity contribution is 0.174. The smallest absolute Gasteiger partial charge is 0.247 e. The minimum atomic E-state index is -3.44. The van der Waals surface area contributed by atoms with Crippen molar-refractivity contribution >= 4 is 10.0 Å². The normalized spacial score (nSPS) is 17.8. The van der Waals surface area contributed by atoms with Gasteiger partial charge in [-0.05, 0) is 0 Å². The molecule has 0 aromatic carbocycles. The summed E-state index contributed by atoms with van der Waals surface area (Å²) in [5.41, 5.74) is 0. The van der Waals surface area contributed by atoms with Gasteiger partial charge in [-0.2, -0.15) is 4.31 Å². The zero-order valence-corrected chi connectivity index (χ0v) is 10.2. The molecule has 1 saturated heterocycles. The molecule has 0 bridgehead atoms. The molecule has 8 nitrogen and oxygen atoms in total. The average molecular weight is 269 g/mol. The van der Waals surface area contributed by atoms with Crippen LogP contribution >= 0.6 is 0 Å². The Morgan fingerprint density at radius 1 is 1.44 bits per heavy atom. The zero-order valence-electron chi connectivity index (χ0n) is 9.38. The molecule has 0 radical (unpaired) electrons. The maximum Gasteiger partial charge on any atom is 0.247 e. The third-order valence-corrected chi connectivity index (χ3v) is 4.66. The molecule has 9 heteroatoms. The van der Waals surface area contributed by atoms with Gasteiger partial charge < -0.3 is 4.52 Å².